The van der Waals surface area contributed by atoms with Gasteiger partial charge in [-0.25, -0.2) is 4.79 Å². The molecule has 4 heterocycles. The average Bonchev–Trinajstić information content (AvgIpc) is 3.33. The molecule has 4 aromatic rings. The van der Waals surface area contributed by atoms with Crippen LogP contribution in [0.1, 0.15) is 18.7 Å². The number of allylic oxidation sites excluding steroid dienone is 1. The molecule has 1 N–H and O–H groups in total. The van der Waals surface area contributed by atoms with E-state index < -0.39 is 11.2 Å². The summed E-state index contributed by atoms with van der Waals surface area (Å²) >= 11 is 6.07. The summed E-state index contributed by atoms with van der Waals surface area (Å²) in [7, 11) is 0. The lowest BCUT2D eigenvalue weighted by atomic mass is 10.2. The zero-order valence-electron chi connectivity index (χ0n) is 15.9. The van der Waals surface area contributed by atoms with Gasteiger partial charge < -0.3 is 9.09 Å². The Hall–Kier alpha value is -3.53. The Kier molecular flexibility index (Phi) is 5.57. The third-order valence-corrected chi connectivity index (χ3v) is 4.82. The fourth-order valence-corrected chi connectivity index (χ4v) is 3.36. The predicted molar refractivity (Wildman–Crippen MR) is 110 cm³/mol. The van der Waals surface area contributed by atoms with E-state index >= 15 is 0 Å². The van der Waals surface area contributed by atoms with E-state index in [2.05, 4.69) is 31.7 Å². The van der Waals surface area contributed by atoms with E-state index in [0.717, 1.165) is 4.57 Å². The smallest absolute Gasteiger partial charge is 0.330 e. The number of H-pyrrole nitrogens is 1. The number of imidazole rings is 1. The highest BCUT2D eigenvalue weighted by Crippen LogP contribution is 2.15. The Morgan fingerprint density at radius 3 is 2.83 bits per heavy atom. The van der Waals surface area contributed by atoms with E-state index in [4.69, 9.17) is 16.1 Å². The maximum atomic E-state index is 12.8. The highest BCUT2D eigenvalue weighted by Gasteiger charge is 2.16. The molecule has 0 aliphatic carbocycles. The van der Waals surface area contributed by atoms with Gasteiger partial charge in [0.2, 0.25) is 17.0 Å². The summed E-state index contributed by atoms with van der Waals surface area (Å²) in [4.78, 5) is 40.3. The molecule has 0 unspecified atom stereocenters. The number of aromatic amines is 1. The summed E-state index contributed by atoms with van der Waals surface area (Å²) < 4.78 is 7.90. The van der Waals surface area contributed by atoms with Crippen LogP contribution in [-0.4, -0.2) is 34.2 Å². The average molecular weight is 428 g/mol. The van der Waals surface area contributed by atoms with Crippen molar-refractivity contribution >= 4 is 22.8 Å². The maximum Gasteiger partial charge on any atom is 0.330 e. The first-order chi connectivity index (χ1) is 14.6. The van der Waals surface area contributed by atoms with Crippen molar-refractivity contribution in [1.82, 2.24) is 34.2 Å². The molecule has 0 saturated carbocycles. The molecule has 0 radical (unpaired) electrons. The lowest BCUT2D eigenvalue weighted by Gasteiger charge is -2.05. The van der Waals surface area contributed by atoms with Crippen molar-refractivity contribution in [3.05, 3.63) is 69.1 Å². The molecule has 0 spiro atoms. The first kappa shape index (κ1) is 19.8. The van der Waals surface area contributed by atoms with Crippen molar-refractivity contribution in [1.29, 1.82) is 0 Å². The third kappa shape index (κ3) is 3.81. The Bertz CT molecular complexity index is 1300. The molecule has 0 aliphatic heterocycles. The fourth-order valence-electron chi connectivity index (χ4n) is 3.12. The van der Waals surface area contributed by atoms with Crippen LogP contribution >= 0.6 is 11.6 Å². The van der Waals surface area contributed by atoms with E-state index in [1.54, 1.807) is 18.3 Å². The number of rotatable bonds is 8. The largest absolute Gasteiger partial charge is 0.339 e. The van der Waals surface area contributed by atoms with Crippen LogP contribution in [0.5, 0.6) is 0 Å². The molecule has 4 aromatic heterocycles. The first-order valence-electron chi connectivity index (χ1n) is 9.32. The Morgan fingerprint density at radius 2 is 2.07 bits per heavy atom. The zero-order valence-corrected chi connectivity index (χ0v) is 16.7. The van der Waals surface area contributed by atoms with E-state index in [-0.39, 0.29) is 23.0 Å². The lowest BCUT2D eigenvalue weighted by Crippen LogP contribution is -2.35. The highest BCUT2D eigenvalue weighted by molar-refractivity contribution is 6.29. The van der Waals surface area contributed by atoms with Crippen molar-refractivity contribution in [2.75, 3.05) is 0 Å². The Labute approximate surface area is 174 Å². The topological polar surface area (TPSA) is 124 Å². The number of nitrogens with one attached hydrogen (secondary N) is 1. The molecule has 0 fully saturated rings. The van der Waals surface area contributed by atoms with Crippen molar-refractivity contribution in [2.45, 2.75) is 32.4 Å². The van der Waals surface area contributed by atoms with Gasteiger partial charge in [0, 0.05) is 25.7 Å². The van der Waals surface area contributed by atoms with E-state index in [1.807, 2.05) is 12.1 Å². The molecule has 30 heavy (non-hydrogen) atoms. The summed E-state index contributed by atoms with van der Waals surface area (Å²) in [5, 5.41) is 4.05. The second-order valence-electron chi connectivity index (χ2n) is 6.55. The number of hydrogen-bond acceptors (Lipinski definition) is 7. The number of pyridine rings is 1. The second kappa shape index (κ2) is 8.46. The molecule has 0 bridgehead atoms. The van der Waals surface area contributed by atoms with Gasteiger partial charge in [0.1, 0.15) is 5.69 Å². The van der Waals surface area contributed by atoms with E-state index in [9.17, 15) is 9.59 Å². The first-order valence-corrected chi connectivity index (χ1v) is 9.70. The lowest BCUT2D eigenvalue weighted by molar-refractivity contribution is 0.372. The minimum atomic E-state index is -0.525. The van der Waals surface area contributed by atoms with Crippen LogP contribution in [-0.2, 0) is 19.5 Å². The van der Waals surface area contributed by atoms with Crippen LogP contribution < -0.4 is 11.2 Å². The van der Waals surface area contributed by atoms with Gasteiger partial charge in [-0.3, -0.25) is 19.3 Å². The monoisotopic (exact) mass is 427 g/mol. The van der Waals surface area contributed by atoms with Crippen LogP contribution in [0.2, 0.25) is 5.28 Å². The molecular formula is C19H18ClN7O3. The van der Waals surface area contributed by atoms with Crippen LogP contribution in [0.3, 0.4) is 0 Å². The molecule has 11 heteroatoms. The quantitative estimate of drug-likeness (QED) is 0.259. The van der Waals surface area contributed by atoms with Gasteiger partial charge >= 0.3 is 5.69 Å². The van der Waals surface area contributed by atoms with Gasteiger partial charge in [-0.1, -0.05) is 17.3 Å². The van der Waals surface area contributed by atoms with Crippen LogP contribution in [0.25, 0.3) is 22.7 Å². The summed E-state index contributed by atoms with van der Waals surface area (Å²) in [5.74, 6) is 0.902. The van der Waals surface area contributed by atoms with Crippen molar-refractivity contribution in [2.24, 2.45) is 0 Å². The summed E-state index contributed by atoms with van der Waals surface area (Å²) in [6.07, 6.45) is 5.01. The normalized spacial score (nSPS) is 11.2. The van der Waals surface area contributed by atoms with Crippen LogP contribution in [0.4, 0.5) is 0 Å². The Balaban J connectivity index is 1.45. The molecule has 0 aliphatic rings. The molecule has 0 amide bonds. The van der Waals surface area contributed by atoms with Gasteiger partial charge in [0.15, 0.2) is 11.2 Å². The standard InChI is InChI=1S/C19H18ClN7O3/c1-2-10-26-14-16(23-18(26)20)24-19(29)27(17(14)28)11-6-4-8-13-22-15(25-30-13)12-7-3-5-9-21-12/h2-3,5,7,9H,1,4,6,8,10-11H2,(H,24,29). The van der Waals surface area contributed by atoms with E-state index in [1.165, 1.54) is 4.57 Å². The molecule has 10 nitrogen and oxygen atoms in total. The molecule has 4 rings (SSSR count). The molecule has 0 saturated heterocycles. The maximum absolute atomic E-state index is 12.8. The second-order valence-corrected chi connectivity index (χ2v) is 6.89. The number of halogens is 1. The van der Waals surface area contributed by atoms with Gasteiger partial charge in [0.25, 0.3) is 5.56 Å². The van der Waals surface area contributed by atoms with Crippen molar-refractivity contribution in [3.8, 4) is 11.5 Å². The number of aryl methyl sites for hydroxylation is 1. The number of aromatic nitrogens is 7. The SMILES string of the molecule is C=CCn1c(Cl)nc2[nH]c(=O)n(CCCCc3nc(-c4ccccn4)no3)c(=O)c21. The Morgan fingerprint density at radius 1 is 1.20 bits per heavy atom. The zero-order chi connectivity index (χ0) is 21.1. The minimum absolute atomic E-state index is 0.121. The van der Waals surface area contributed by atoms with Crippen molar-refractivity contribution in [3.63, 3.8) is 0 Å². The number of nitrogens with zero attached hydrogens (tertiary/aromatic N) is 6. The summed E-state index contributed by atoms with van der Waals surface area (Å²) in [6, 6.07) is 5.45. The van der Waals surface area contributed by atoms with Crippen LogP contribution in [0, 0.1) is 0 Å². The minimum Gasteiger partial charge on any atom is -0.339 e. The number of hydrogen-bond donors (Lipinski definition) is 1. The number of fused-ring (bicyclic) bond motifs is 1. The molecule has 0 atom stereocenters. The number of unbranched alkanes of at least 4 members (excludes halogenated alkanes) is 1. The highest BCUT2D eigenvalue weighted by atomic mass is 35.5. The van der Waals surface area contributed by atoms with Crippen LogP contribution in [0.15, 0.2) is 51.2 Å². The van der Waals surface area contributed by atoms with Gasteiger partial charge in [-0.15, -0.1) is 6.58 Å². The predicted octanol–water partition coefficient (Wildman–Crippen LogP) is 2.19. The summed E-state index contributed by atoms with van der Waals surface area (Å²) in [6.45, 7) is 4.20. The van der Waals surface area contributed by atoms with Gasteiger partial charge in [-0.05, 0) is 36.6 Å². The molecule has 154 valence electrons. The molecule has 0 aromatic carbocycles. The van der Waals surface area contributed by atoms with E-state index in [0.29, 0.717) is 43.2 Å². The van der Waals surface area contributed by atoms with Crippen molar-refractivity contribution < 1.29 is 4.52 Å². The fraction of sp³-hybridized carbons (Fsp3) is 0.263. The van der Waals surface area contributed by atoms with Gasteiger partial charge in [-0.2, -0.15) is 9.97 Å². The molecular weight excluding hydrogens is 410 g/mol. The third-order valence-electron chi connectivity index (χ3n) is 4.54. The summed E-state index contributed by atoms with van der Waals surface area (Å²) in [5.41, 5.74) is 0.0824. The van der Waals surface area contributed by atoms with Gasteiger partial charge in [0.05, 0.1) is 0 Å².